The first-order chi connectivity index (χ1) is 17.6. The van der Waals surface area contributed by atoms with Crippen LogP contribution in [0.4, 0.5) is 0 Å². The predicted molar refractivity (Wildman–Crippen MR) is 122 cm³/mol. The van der Waals surface area contributed by atoms with Crippen molar-refractivity contribution in [3.8, 4) is 11.5 Å². The number of ether oxygens (including phenoxy) is 3. The van der Waals surface area contributed by atoms with Crippen molar-refractivity contribution in [2.24, 2.45) is 5.92 Å². The van der Waals surface area contributed by atoms with Crippen LogP contribution < -0.4 is 4.74 Å². The Kier molecular flexibility index (Phi) is 4.91. The number of phenolic OH excluding ortho intramolecular Hbond substituents is 1. The SMILES string of the molecule is Cc1nnc(C2O[C@H](O[C@@]3(O)C=C[C@H]4[C@H]5Cc6ccc(O)c7c6[C@@]4(CCN5C)[C@H]3O7)[C@H](O)[C@@H](O)[C@@H]2O)o1. The van der Waals surface area contributed by atoms with Gasteiger partial charge in [0.15, 0.2) is 30.0 Å². The first-order valence-corrected chi connectivity index (χ1v) is 12.5. The van der Waals surface area contributed by atoms with Crippen molar-refractivity contribution in [1.29, 1.82) is 0 Å². The summed E-state index contributed by atoms with van der Waals surface area (Å²) in [6.07, 6.45) is -3.95. The van der Waals surface area contributed by atoms with Gasteiger partial charge in [-0.15, -0.1) is 10.2 Å². The third kappa shape index (κ3) is 3.03. The summed E-state index contributed by atoms with van der Waals surface area (Å²) in [6.45, 7) is 2.32. The molecule has 1 aromatic heterocycles. The third-order valence-corrected chi connectivity index (χ3v) is 8.85. The molecule has 2 saturated heterocycles. The van der Waals surface area contributed by atoms with E-state index in [9.17, 15) is 25.5 Å². The van der Waals surface area contributed by atoms with Gasteiger partial charge in [-0.3, -0.25) is 0 Å². The molecule has 1 aromatic carbocycles. The van der Waals surface area contributed by atoms with Gasteiger partial charge in [-0.25, -0.2) is 0 Å². The highest BCUT2D eigenvalue weighted by Gasteiger charge is 2.69. The van der Waals surface area contributed by atoms with Gasteiger partial charge in [0.2, 0.25) is 17.6 Å². The van der Waals surface area contributed by atoms with Crippen LogP contribution >= 0.6 is 0 Å². The molecule has 0 radical (unpaired) electrons. The van der Waals surface area contributed by atoms with Crippen LogP contribution in [0.25, 0.3) is 0 Å². The van der Waals surface area contributed by atoms with Crippen LogP contribution in [-0.2, 0) is 21.3 Å². The summed E-state index contributed by atoms with van der Waals surface area (Å²) in [6, 6.07) is 3.68. The Balaban J connectivity index is 1.28. The highest BCUT2D eigenvalue weighted by molar-refractivity contribution is 5.62. The van der Waals surface area contributed by atoms with Gasteiger partial charge in [-0.05, 0) is 44.1 Å². The average Bonchev–Trinajstić information content (AvgIpc) is 3.46. The Labute approximate surface area is 211 Å². The smallest absolute Gasteiger partial charge is 0.248 e. The van der Waals surface area contributed by atoms with Crippen LogP contribution in [0, 0.1) is 12.8 Å². The highest BCUT2D eigenvalue weighted by atomic mass is 16.8. The van der Waals surface area contributed by atoms with E-state index in [-0.39, 0.29) is 29.5 Å². The fourth-order valence-corrected chi connectivity index (χ4v) is 7.13. The second kappa shape index (κ2) is 7.73. The molecule has 37 heavy (non-hydrogen) atoms. The number of likely N-dealkylation sites (tertiary alicyclic amines) is 1. The number of likely N-dealkylation sites (N-methyl/N-ethyl adjacent to an activating group) is 1. The van der Waals surface area contributed by atoms with Gasteiger partial charge in [0.25, 0.3) is 0 Å². The molecule has 1 spiro atoms. The number of aromatic hydroxyl groups is 1. The second-order valence-electron chi connectivity index (χ2n) is 10.8. The van der Waals surface area contributed by atoms with Crippen LogP contribution in [0.5, 0.6) is 11.5 Å². The average molecular weight is 516 g/mol. The lowest BCUT2D eigenvalue weighted by molar-refractivity contribution is -0.369. The number of piperidine rings is 1. The first-order valence-electron chi connectivity index (χ1n) is 12.5. The molecule has 3 aliphatic heterocycles. The summed E-state index contributed by atoms with van der Waals surface area (Å²) in [5.41, 5.74) is 1.27. The molecule has 2 bridgehead atoms. The van der Waals surface area contributed by atoms with E-state index in [2.05, 4.69) is 22.1 Å². The number of phenols is 1. The first kappa shape index (κ1) is 23.5. The van der Waals surface area contributed by atoms with Gasteiger partial charge in [-0.2, -0.15) is 0 Å². The molecule has 0 amide bonds. The van der Waals surface area contributed by atoms with Crippen molar-refractivity contribution in [3.63, 3.8) is 0 Å². The molecule has 4 heterocycles. The molecule has 7 rings (SSSR count). The standard InChI is InChI=1S/C25H29N3O9/c1-10-26-27-21(34-10)20-17(31)16(30)18(32)22(35-20)37-25(33)6-5-12-13-9-11-3-4-14(29)19-15(11)24(12,23(25)36-19)7-8-28(13)2/h3-6,12-13,16-18,20,22-23,29-33H,7-9H2,1-2H3/t12-,13+,16-,17-,18+,20?,22+,23+,24-,25-/m0/s1. The summed E-state index contributed by atoms with van der Waals surface area (Å²) in [5, 5.41) is 62.1. The summed E-state index contributed by atoms with van der Waals surface area (Å²) >= 11 is 0. The van der Waals surface area contributed by atoms with Crippen molar-refractivity contribution < 1.29 is 44.2 Å². The lowest BCUT2D eigenvalue weighted by atomic mass is 9.52. The minimum atomic E-state index is -2.10. The molecule has 12 heteroatoms. The van der Waals surface area contributed by atoms with Crippen LogP contribution in [-0.4, -0.2) is 96.8 Å². The fourth-order valence-electron chi connectivity index (χ4n) is 7.13. The molecule has 198 valence electrons. The zero-order valence-electron chi connectivity index (χ0n) is 20.3. The van der Waals surface area contributed by atoms with Crippen LogP contribution in [0.2, 0.25) is 0 Å². The maximum Gasteiger partial charge on any atom is 0.248 e. The molecule has 2 fully saturated rings. The van der Waals surface area contributed by atoms with E-state index in [1.165, 1.54) is 6.08 Å². The molecule has 5 aliphatic rings. The molecule has 5 N–H and O–H groups in total. The molecule has 0 saturated carbocycles. The largest absolute Gasteiger partial charge is 0.504 e. The monoisotopic (exact) mass is 515 g/mol. The van der Waals surface area contributed by atoms with Crippen LogP contribution in [0.1, 0.15) is 35.4 Å². The molecular formula is C25H29N3O9. The van der Waals surface area contributed by atoms with Gasteiger partial charge in [0.05, 0.1) is 5.41 Å². The third-order valence-electron chi connectivity index (χ3n) is 8.85. The van der Waals surface area contributed by atoms with E-state index in [4.69, 9.17) is 18.6 Å². The number of hydrogen-bond acceptors (Lipinski definition) is 12. The van der Waals surface area contributed by atoms with E-state index in [1.807, 2.05) is 12.1 Å². The van der Waals surface area contributed by atoms with E-state index >= 15 is 0 Å². The molecular weight excluding hydrogens is 486 g/mol. The number of hydrogen-bond donors (Lipinski definition) is 5. The van der Waals surface area contributed by atoms with Gasteiger partial charge in [-0.1, -0.05) is 12.1 Å². The number of aromatic nitrogens is 2. The summed E-state index contributed by atoms with van der Waals surface area (Å²) in [5.74, 6) is -1.65. The van der Waals surface area contributed by atoms with E-state index < -0.39 is 48.0 Å². The molecule has 2 aliphatic carbocycles. The minimum Gasteiger partial charge on any atom is -0.504 e. The molecule has 10 atom stereocenters. The van der Waals surface area contributed by atoms with Crippen LogP contribution in [0.15, 0.2) is 28.7 Å². The van der Waals surface area contributed by atoms with Crippen molar-refractivity contribution >= 4 is 0 Å². The normalized spacial score (nSPS) is 43.9. The van der Waals surface area contributed by atoms with Crippen molar-refractivity contribution in [3.05, 3.63) is 47.2 Å². The quantitative estimate of drug-likeness (QED) is 0.260. The minimum absolute atomic E-state index is 0.00518. The Hall–Kier alpha value is -2.58. The lowest BCUT2D eigenvalue weighted by Gasteiger charge is -2.58. The van der Waals surface area contributed by atoms with Gasteiger partial charge < -0.3 is 49.1 Å². The van der Waals surface area contributed by atoms with Crippen molar-refractivity contribution in [2.75, 3.05) is 13.6 Å². The molecule has 1 unspecified atom stereocenters. The van der Waals surface area contributed by atoms with Gasteiger partial charge in [0.1, 0.15) is 18.3 Å². The van der Waals surface area contributed by atoms with Crippen LogP contribution in [0.3, 0.4) is 0 Å². The number of aryl methyl sites for hydroxylation is 1. The number of benzene rings is 1. The number of nitrogens with zero attached hydrogens (tertiary/aromatic N) is 3. The van der Waals surface area contributed by atoms with E-state index in [1.54, 1.807) is 13.0 Å². The molecule has 2 aromatic rings. The maximum atomic E-state index is 12.0. The number of aliphatic hydroxyl groups excluding tert-OH is 3. The summed E-state index contributed by atoms with van der Waals surface area (Å²) in [7, 11) is 2.08. The van der Waals surface area contributed by atoms with Gasteiger partial charge >= 0.3 is 0 Å². The Morgan fingerprint density at radius 2 is 1.95 bits per heavy atom. The Bertz CT molecular complexity index is 1280. The number of aliphatic hydroxyl groups is 4. The zero-order valence-corrected chi connectivity index (χ0v) is 20.3. The highest BCUT2D eigenvalue weighted by Crippen LogP contribution is 2.64. The molecule has 12 nitrogen and oxygen atoms in total. The second-order valence-corrected chi connectivity index (χ2v) is 10.8. The summed E-state index contributed by atoms with van der Waals surface area (Å²) in [4.78, 5) is 2.30. The summed E-state index contributed by atoms with van der Waals surface area (Å²) < 4.78 is 23.5. The van der Waals surface area contributed by atoms with E-state index in [0.29, 0.717) is 12.2 Å². The Morgan fingerprint density at radius 1 is 1.14 bits per heavy atom. The maximum absolute atomic E-state index is 12.0. The fraction of sp³-hybridized carbons (Fsp3) is 0.600. The Morgan fingerprint density at radius 3 is 2.70 bits per heavy atom. The van der Waals surface area contributed by atoms with Crippen molar-refractivity contribution in [2.45, 2.75) is 73.8 Å². The topological polar surface area (TPSA) is 171 Å². The predicted octanol–water partition coefficient (Wildman–Crippen LogP) is -0.586. The zero-order chi connectivity index (χ0) is 25.9. The van der Waals surface area contributed by atoms with Gasteiger partial charge in [0, 0.05) is 24.4 Å². The van der Waals surface area contributed by atoms with E-state index in [0.717, 1.165) is 24.1 Å². The van der Waals surface area contributed by atoms with Crippen molar-refractivity contribution in [1.82, 2.24) is 15.1 Å². The lowest BCUT2D eigenvalue weighted by Crippen LogP contribution is -2.69. The number of rotatable bonds is 3.